The molecule has 0 bridgehead atoms. The number of hydrogen-bond donors (Lipinski definition) is 0. The number of pyridine rings is 1. The normalized spacial score (nSPS) is 11.3. The van der Waals surface area contributed by atoms with Crippen molar-refractivity contribution in [1.82, 2.24) is 4.98 Å². The third kappa shape index (κ3) is 3.20. The fourth-order valence-corrected chi connectivity index (χ4v) is 2.40. The highest BCUT2D eigenvalue weighted by atomic mass is 19.4. The molecule has 3 aromatic rings. The van der Waals surface area contributed by atoms with Crippen LogP contribution in [0.15, 0.2) is 72.9 Å². The van der Waals surface area contributed by atoms with Crippen LogP contribution < -0.4 is 0 Å². The maximum atomic E-state index is 13.1. The minimum Gasteiger partial charge on any atom is -0.289 e. The van der Waals surface area contributed by atoms with Crippen molar-refractivity contribution in [3.05, 3.63) is 89.6 Å². The van der Waals surface area contributed by atoms with Gasteiger partial charge in [-0.05, 0) is 18.2 Å². The third-order valence-corrected chi connectivity index (χ3v) is 3.57. The Morgan fingerprint density at radius 3 is 2.08 bits per heavy atom. The quantitative estimate of drug-likeness (QED) is 0.634. The van der Waals surface area contributed by atoms with Gasteiger partial charge >= 0.3 is 6.18 Å². The standard InChI is InChI=1S/C19H12F3NO/c20-19(21,22)16-9-5-4-8-15(16)17-11-10-14(12-23-17)18(24)13-6-2-1-3-7-13/h1-12H. The predicted molar refractivity (Wildman–Crippen MR) is 84.5 cm³/mol. The molecule has 0 amide bonds. The molecule has 2 aromatic carbocycles. The van der Waals surface area contributed by atoms with Crippen LogP contribution in [0, 0.1) is 0 Å². The molecule has 0 aliphatic rings. The number of ketones is 1. The zero-order valence-corrected chi connectivity index (χ0v) is 12.4. The zero-order valence-electron chi connectivity index (χ0n) is 12.4. The summed E-state index contributed by atoms with van der Waals surface area (Å²) in [5, 5.41) is 0. The number of rotatable bonds is 3. The number of carbonyl (C=O) groups excluding carboxylic acids is 1. The molecule has 0 fully saturated rings. The summed E-state index contributed by atoms with van der Waals surface area (Å²) in [6.45, 7) is 0. The molecule has 0 aliphatic carbocycles. The lowest BCUT2D eigenvalue weighted by Crippen LogP contribution is -2.07. The Bertz CT molecular complexity index is 856. The highest BCUT2D eigenvalue weighted by molar-refractivity contribution is 6.08. The average Bonchev–Trinajstić information content (AvgIpc) is 2.61. The van der Waals surface area contributed by atoms with Crippen molar-refractivity contribution in [2.45, 2.75) is 6.18 Å². The summed E-state index contributed by atoms with van der Waals surface area (Å²) < 4.78 is 39.2. The molecule has 0 atom stereocenters. The molecule has 1 heterocycles. The predicted octanol–water partition coefficient (Wildman–Crippen LogP) is 5.00. The molecule has 24 heavy (non-hydrogen) atoms. The number of benzene rings is 2. The summed E-state index contributed by atoms with van der Waals surface area (Å²) in [4.78, 5) is 16.3. The molecular weight excluding hydrogens is 315 g/mol. The number of halogens is 3. The topological polar surface area (TPSA) is 30.0 Å². The van der Waals surface area contributed by atoms with E-state index in [9.17, 15) is 18.0 Å². The molecule has 0 N–H and O–H groups in total. The van der Waals surface area contributed by atoms with Crippen molar-refractivity contribution in [2.75, 3.05) is 0 Å². The molecular formula is C19H12F3NO. The van der Waals surface area contributed by atoms with Gasteiger partial charge in [0, 0.05) is 22.9 Å². The monoisotopic (exact) mass is 327 g/mol. The van der Waals surface area contributed by atoms with Crippen molar-refractivity contribution in [3.8, 4) is 11.3 Å². The number of alkyl halides is 3. The Labute approximate surface area is 136 Å². The van der Waals surface area contributed by atoms with Gasteiger partial charge in [-0.25, -0.2) is 0 Å². The second-order valence-corrected chi connectivity index (χ2v) is 5.17. The second-order valence-electron chi connectivity index (χ2n) is 5.17. The molecule has 5 heteroatoms. The largest absolute Gasteiger partial charge is 0.417 e. The third-order valence-electron chi connectivity index (χ3n) is 3.57. The van der Waals surface area contributed by atoms with Gasteiger partial charge in [-0.3, -0.25) is 9.78 Å². The summed E-state index contributed by atoms with van der Waals surface area (Å²) in [6.07, 6.45) is -3.16. The zero-order chi connectivity index (χ0) is 17.2. The first kappa shape index (κ1) is 15.9. The van der Waals surface area contributed by atoms with E-state index < -0.39 is 11.7 Å². The van der Waals surface area contributed by atoms with Gasteiger partial charge < -0.3 is 0 Å². The van der Waals surface area contributed by atoms with E-state index in [-0.39, 0.29) is 17.0 Å². The number of nitrogens with zero attached hydrogens (tertiary/aromatic N) is 1. The van der Waals surface area contributed by atoms with Gasteiger partial charge in [0.15, 0.2) is 5.78 Å². The number of carbonyl (C=O) groups is 1. The molecule has 0 radical (unpaired) electrons. The van der Waals surface area contributed by atoms with Gasteiger partial charge in [0.05, 0.1) is 11.3 Å². The van der Waals surface area contributed by atoms with Crippen LogP contribution in [0.5, 0.6) is 0 Å². The molecule has 0 spiro atoms. The van der Waals surface area contributed by atoms with Crippen molar-refractivity contribution in [1.29, 1.82) is 0 Å². The van der Waals surface area contributed by atoms with Crippen molar-refractivity contribution in [2.24, 2.45) is 0 Å². The molecule has 3 rings (SSSR count). The Balaban J connectivity index is 1.95. The second kappa shape index (κ2) is 6.28. The Hall–Kier alpha value is -2.95. The van der Waals surface area contributed by atoms with Crippen LogP contribution in [-0.4, -0.2) is 10.8 Å². The first-order chi connectivity index (χ1) is 11.5. The van der Waals surface area contributed by atoms with Gasteiger partial charge in [0.2, 0.25) is 0 Å². The smallest absolute Gasteiger partial charge is 0.289 e. The van der Waals surface area contributed by atoms with Gasteiger partial charge in [0.1, 0.15) is 0 Å². The summed E-state index contributed by atoms with van der Waals surface area (Å²) in [5.41, 5.74) is 0.244. The Kier molecular flexibility index (Phi) is 4.16. The summed E-state index contributed by atoms with van der Waals surface area (Å²) in [5.74, 6) is -0.223. The van der Waals surface area contributed by atoms with Crippen LogP contribution >= 0.6 is 0 Å². The van der Waals surface area contributed by atoms with Crippen molar-refractivity contribution >= 4 is 5.78 Å². The van der Waals surface area contributed by atoms with E-state index in [1.807, 2.05) is 0 Å². The van der Waals surface area contributed by atoms with E-state index in [2.05, 4.69) is 4.98 Å². The van der Waals surface area contributed by atoms with Crippen LogP contribution in [0.3, 0.4) is 0 Å². The van der Waals surface area contributed by atoms with Crippen LogP contribution in [0.2, 0.25) is 0 Å². The fourth-order valence-electron chi connectivity index (χ4n) is 2.40. The summed E-state index contributed by atoms with van der Waals surface area (Å²) >= 11 is 0. The summed E-state index contributed by atoms with van der Waals surface area (Å²) in [7, 11) is 0. The minimum absolute atomic E-state index is 0.0105. The van der Waals surface area contributed by atoms with Crippen molar-refractivity contribution in [3.63, 3.8) is 0 Å². The molecule has 120 valence electrons. The summed E-state index contributed by atoms with van der Waals surface area (Å²) in [6, 6.07) is 16.8. The van der Waals surface area contributed by atoms with Gasteiger partial charge in [0.25, 0.3) is 0 Å². The van der Waals surface area contributed by atoms with E-state index in [0.29, 0.717) is 11.1 Å². The van der Waals surface area contributed by atoms with E-state index in [1.165, 1.54) is 36.5 Å². The van der Waals surface area contributed by atoms with Crippen LogP contribution in [0.1, 0.15) is 21.5 Å². The van der Waals surface area contributed by atoms with Gasteiger partial charge in [-0.15, -0.1) is 0 Å². The van der Waals surface area contributed by atoms with Crippen LogP contribution in [-0.2, 0) is 6.18 Å². The van der Waals surface area contributed by atoms with E-state index >= 15 is 0 Å². The lowest BCUT2D eigenvalue weighted by Gasteiger charge is -2.12. The minimum atomic E-state index is -4.46. The maximum absolute atomic E-state index is 13.1. The highest BCUT2D eigenvalue weighted by Crippen LogP contribution is 2.36. The first-order valence-electron chi connectivity index (χ1n) is 7.19. The molecule has 1 aromatic heterocycles. The van der Waals surface area contributed by atoms with E-state index in [0.717, 1.165) is 6.07 Å². The molecule has 2 nitrogen and oxygen atoms in total. The number of aromatic nitrogens is 1. The molecule has 0 saturated carbocycles. The lowest BCUT2D eigenvalue weighted by atomic mass is 10.0. The van der Waals surface area contributed by atoms with E-state index in [4.69, 9.17) is 0 Å². The molecule has 0 unspecified atom stereocenters. The number of hydrogen-bond acceptors (Lipinski definition) is 2. The lowest BCUT2D eigenvalue weighted by molar-refractivity contribution is -0.137. The van der Waals surface area contributed by atoms with Crippen molar-refractivity contribution < 1.29 is 18.0 Å². The van der Waals surface area contributed by atoms with Gasteiger partial charge in [-0.2, -0.15) is 13.2 Å². The Morgan fingerprint density at radius 2 is 1.46 bits per heavy atom. The maximum Gasteiger partial charge on any atom is 0.417 e. The average molecular weight is 327 g/mol. The molecule has 0 saturated heterocycles. The SMILES string of the molecule is O=C(c1ccccc1)c1ccc(-c2ccccc2C(F)(F)F)nc1. The molecule has 0 aliphatic heterocycles. The Morgan fingerprint density at radius 1 is 0.792 bits per heavy atom. The fraction of sp³-hybridized carbons (Fsp3) is 0.0526. The van der Waals surface area contributed by atoms with Gasteiger partial charge in [-0.1, -0.05) is 48.5 Å². The van der Waals surface area contributed by atoms with Crippen LogP contribution in [0.25, 0.3) is 11.3 Å². The highest BCUT2D eigenvalue weighted by Gasteiger charge is 2.33. The van der Waals surface area contributed by atoms with E-state index in [1.54, 1.807) is 30.3 Å². The van der Waals surface area contributed by atoms with Crippen LogP contribution in [0.4, 0.5) is 13.2 Å². The first-order valence-corrected chi connectivity index (χ1v) is 7.19.